The molecular weight excluding hydrogens is 244 g/mol. The second kappa shape index (κ2) is 5.32. The van der Waals surface area contributed by atoms with Crippen LogP contribution in [0.2, 0.25) is 0 Å². The van der Waals surface area contributed by atoms with E-state index >= 15 is 0 Å². The summed E-state index contributed by atoms with van der Waals surface area (Å²) in [6.45, 7) is 4.44. The van der Waals surface area contributed by atoms with Crippen LogP contribution in [0.15, 0.2) is 0 Å². The first-order valence-electron chi connectivity index (χ1n) is 5.86. The molecule has 1 rings (SSSR count). The molecule has 1 fully saturated rings. The predicted molar refractivity (Wildman–Crippen MR) is 63.8 cm³/mol. The maximum absolute atomic E-state index is 11.7. The van der Waals surface area contributed by atoms with Crippen LogP contribution in [0.3, 0.4) is 0 Å². The third-order valence-electron chi connectivity index (χ3n) is 3.48. The Labute approximate surface area is 102 Å². The summed E-state index contributed by atoms with van der Waals surface area (Å²) in [4.78, 5) is 11.2. The van der Waals surface area contributed by atoms with Gasteiger partial charge in [0, 0.05) is 19.6 Å². The van der Waals surface area contributed by atoms with E-state index < -0.39 is 21.6 Å². The number of nitrogens with one attached hydrogen (secondary N) is 1. The SMILES string of the molecule is CCNS(=O)(=O)N1CCC(CC)(C(=O)O)CC1. The Balaban J connectivity index is 2.71. The zero-order valence-electron chi connectivity index (χ0n) is 10.3. The van der Waals surface area contributed by atoms with Crippen LogP contribution >= 0.6 is 0 Å². The van der Waals surface area contributed by atoms with Gasteiger partial charge in [0.05, 0.1) is 5.41 Å². The van der Waals surface area contributed by atoms with Gasteiger partial charge in [-0.25, -0.2) is 4.72 Å². The van der Waals surface area contributed by atoms with Gasteiger partial charge in [-0.1, -0.05) is 13.8 Å². The molecule has 0 radical (unpaired) electrons. The molecule has 7 heteroatoms. The van der Waals surface area contributed by atoms with Gasteiger partial charge in [0.1, 0.15) is 0 Å². The van der Waals surface area contributed by atoms with Crippen molar-refractivity contribution >= 4 is 16.2 Å². The fourth-order valence-electron chi connectivity index (χ4n) is 2.15. The van der Waals surface area contributed by atoms with Crippen molar-refractivity contribution in [2.45, 2.75) is 33.1 Å². The first-order chi connectivity index (χ1) is 7.88. The molecule has 100 valence electrons. The van der Waals surface area contributed by atoms with E-state index in [0.29, 0.717) is 25.8 Å². The zero-order valence-corrected chi connectivity index (χ0v) is 11.1. The van der Waals surface area contributed by atoms with Crippen molar-refractivity contribution in [1.29, 1.82) is 0 Å². The molecule has 2 N–H and O–H groups in total. The number of aliphatic carboxylic acids is 1. The summed E-state index contributed by atoms with van der Waals surface area (Å²) in [6.07, 6.45) is 1.30. The van der Waals surface area contributed by atoms with Gasteiger partial charge in [0.25, 0.3) is 10.2 Å². The van der Waals surface area contributed by atoms with Gasteiger partial charge in [0.2, 0.25) is 0 Å². The van der Waals surface area contributed by atoms with Gasteiger partial charge >= 0.3 is 5.97 Å². The van der Waals surface area contributed by atoms with E-state index in [1.807, 2.05) is 6.92 Å². The van der Waals surface area contributed by atoms with Crippen LogP contribution in [0.5, 0.6) is 0 Å². The van der Waals surface area contributed by atoms with Gasteiger partial charge < -0.3 is 5.11 Å². The number of piperidine rings is 1. The minimum Gasteiger partial charge on any atom is -0.481 e. The maximum Gasteiger partial charge on any atom is 0.309 e. The van der Waals surface area contributed by atoms with E-state index in [0.717, 1.165) is 0 Å². The van der Waals surface area contributed by atoms with Gasteiger partial charge in [-0.3, -0.25) is 4.79 Å². The molecule has 0 aromatic carbocycles. The number of carbonyl (C=O) groups is 1. The van der Waals surface area contributed by atoms with Crippen LogP contribution in [-0.2, 0) is 15.0 Å². The molecule has 0 unspecified atom stereocenters. The molecule has 0 spiro atoms. The van der Waals surface area contributed by atoms with Gasteiger partial charge in [-0.15, -0.1) is 0 Å². The maximum atomic E-state index is 11.7. The summed E-state index contributed by atoms with van der Waals surface area (Å²) in [7, 11) is -3.43. The minimum atomic E-state index is -3.43. The lowest BCUT2D eigenvalue weighted by Gasteiger charge is -2.37. The monoisotopic (exact) mass is 264 g/mol. The van der Waals surface area contributed by atoms with Crippen molar-refractivity contribution in [2.75, 3.05) is 19.6 Å². The highest BCUT2D eigenvalue weighted by molar-refractivity contribution is 7.87. The van der Waals surface area contributed by atoms with Crippen LogP contribution in [0.25, 0.3) is 0 Å². The molecular formula is C10H20N2O4S. The summed E-state index contributed by atoms with van der Waals surface area (Å²) in [6, 6.07) is 0. The molecule has 1 heterocycles. The van der Waals surface area contributed by atoms with Crippen LogP contribution < -0.4 is 4.72 Å². The average molecular weight is 264 g/mol. The van der Waals surface area contributed by atoms with Crippen LogP contribution in [0, 0.1) is 5.41 Å². The third-order valence-corrected chi connectivity index (χ3v) is 5.18. The Hall–Kier alpha value is -0.660. The van der Waals surface area contributed by atoms with Crippen LogP contribution in [-0.4, -0.2) is 43.4 Å². The summed E-state index contributed by atoms with van der Waals surface area (Å²) < 4.78 is 27.2. The molecule has 1 aliphatic rings. The predicted octanol–water partition coefficient (Wildman–Crippen LogP) is 0.417. The van der Waals surface area contributed by atoms with E-state index in [1.165, 1.54) is 4.31 Å². The number of rotatable bonds is 5. The highest BCUT2D eigenvalue weighted by Crippen LogP contribution is 2.35. The first-order valence-corrected chi connectivity index (χ1v) is 7.30. The number of nitrogens with zero attached hydrogens (tertiary/aromatic N) is 1. The summed E-state index contributed by atoms with van der Waals surface area (Å²) in [5.74, 6) is -0.819. The molecule has 0 aromatic rings. The van der Waals surface area contributed by atoms with Gasteiger partial charge in [-0.05, 0) is 19.3 Å². The molecule has 1 aliphatic heterocycles. The molecule has 0 aromatic heterocycles. The largest absolute Gasteiger partial charge is 0.481 e. The van der Waals surface area contributed by atoms with E-state index in [1.54, 1.807) is 6.92 Å². The first kappa shape index (κ1) is 14.4. The van der Waals surface area contributed by atoms with Crippen molar-refractivity contribution in [3.8, 4) is 0 Å². The highest BCUT2D eigenvalue weighted by atomic mass is 32.2. The van der Waals surface area contributed by atoms with E-state index in [2.05, 4.69) is 4.72 Å². The van der Waals surface area contributed by atoms with Crippen molar-refractivity contribution < 1.29 is 18.3 Å². The fraction of sp³-hybridized carbons (Fsp3) is 0.900. The van der Waals surface area contributed by atoms with Crippen molar-refractivity contribution in [2.24, 2.45) is 5.41 Å². The minimum absolute atomic E-state index is 0.273. The molecule has 0 aliphatic carbocycles. The molecule has 17 heavy (non-hydrogen) atoms. The summed E-state index contributed by atoms with van der Waals surface area (Å²) >= 11 is 0. The zero-order chi connectivity index (χ0) is 13.1. The standard InChI is InChI=1S/C10H20N2O4S/c1-3-10(9(13)14)5-7-12(8-6-10)17(15,16)11-4-2/h11H,3-8H2,1-2H3,(H,13,14). The molecule has 6 nitrogen and oxygen atoms in total. The Bertz CT molecular complexity index is 372. The summed E-state index contributed by atoms with van der Waals surface area (Å²) in [5, 5.41) is 9.20. The lowest BCUT2D eigenvalue weighted by molar-refractivity contribution is -0.151. The topological polar surface area (TPSA) is 86.7 Å². The molecule has 0 bridgehead atoms. The third kappa shape index (κ3) is 2.97. The lowest BCUT2D eigenvalue weighted by Crippen LogP contribution is -2.49. The Morgan fingerprint density at radius 3 is 2.24 bits per heavy atom. The van der Waals surface area contributed by atoms with E-state index in [4.69, 9.17) is 0 Å². The van der Waals surface area contributed by atoms with Gasteiger partial charge in [0.15, 0.2) is 0 Å². The van der Waals surface area contributed by atoms with Crippen molar-refractivity contribution in [3.63, 3.8) is 0 Å². The number of carboxylic acids is 1. The lowest BCUT2D eigenvalue weighted by atomic mass is 9.77. The van der Waals surface area contributed by atoms with E-state index in [9.17, 15) is 18.3 Å². The van der Waals surface area contributed by atoms with Crippen molar-refractivity contribution in [1.82, 2.24) is 9.03 Å². The van der Waals surface area contributed by atoms with Crippen LogP contribution in [0.1, 0.15) is 33.1 Å². The molecule has 1 saturated heterocycles. The highest BCUT2D eigenvalue weighted by Gasteiger charge is 2.42. The molecule has 0 saturated carbocycles. The molecule has 0 atom stereocenters. The number of hydrogen-bond acceptors (Lipinski definition) is 3. The summed E-state index contributed by atoms with van der Waals surface area (Å²) in [5.41, 5.74) is -0.752. The average Bonchev–Trinajstić information content (AvgIpc) is 2.28. The quantitative estimate of drug-likeness (QED) is 0.753. The van der Waals surface area contributed by atoms with Crippen molar-refractivity contribution in [3.05, 3.63) is 0 Å². The number of carboxylic acid groups (broad SMARTS) is 1. The Morgan fingerprint density at radius 2 is 1.88 bits per heavy atom. The van der Waals surface area contributed by atoms with Crippen LogP contribution in [0.4, 0.5) is 0 Å². The Morgan fingerprint density at radius 1 is 1.35 bits per heavy atom. The Kier molecular flexibility index (Phi) is 4.51. The second-order valence-corrected chi connectivity index (χ2v) is 6.10. The molecule has 0 amide bonds. The normalized spacial score (nSPS) is 21.3. The van der Waals surface area contributed by atoms with Gasteiger partial charge in [-0.2, -0.15) is 12.7 Å². The fourth-order valence-corrected chi connectivity index (χ4v) is 3.36. The number of hydrogen-bond donors (Lipinski definition) is 2. The smallest absolute Gasteiger partial charge is 0.309 e. The second-order valence-electron chi connectivity index (χ2n) is 4.34. The van der Waals surface area contributed by atoms with E-state index in [-0.39, 0.29) is 13.1 Å².